The van der Waals surface area contributed by atoms with Crippen molar-refractivity contribution in [2.75, 3.05) is 13.2 Å². The van der Waals surface area contributed by atoms with Crippen molar-refractivity contribution in [2.24, 2.45) is 0 Å². The van der Waals surface area contributed by atoms with Gasteiger partial charge in [0, 0.05) is 6.42 Å². The predicted molar refractivity (Wildman–Crippen MR) is 267 cm³/mol. The lowest BCUT2D eigenvalue weighted by Crippen LogP contribution is -2.60. The van der Waals surface area contributed by atoms with E-state index >= 15 is 0 Å². The Labute approximate surface area is 393 Å². The molecular formula is C55H103NO8. The number of hydrogen-bond donors (Lipinski definition) is 6. The largest absolute Gasteiger partial charge is 0.394 e. The normalized spacial score (nSPS) is 20.3. The molecule has 1 saturated heterocycles. The van der Waals surface area contributed by atoms with Gasteiger partial charge in [-0.15, -0.1) is 0 Å². The fourth-order valence-electron chi connectivity index (χ4n) is 8.60. The van der Waals surface area contributed by atoms with E-state index in [1.54, 1.807) is 6.08 Å². The van der Waals surface area contributed by atoms with E-state index in [1.165, 1.54) is 186 Å². The Morgan fingerprint density at radius 1 is 0.516 bits per heavy atom. The van der Waals surface area contributed by atoms with Crippen molar-refractivity contribution in [3.63, 3.8) is 0 Å². The van der Waals surface area contributed by atoms with Gasteiger partial charge in [-0.25, -0.2) is 0 Å². The molecular weight excluding hydrogens is 803 g/mol. The molecule has 1 aliphatic rings. The van der Waals surface area contributed by atoms with Crippen LogP contribution >= 0.6 is 0 Å². The highest BCUT2D eigenvalue weighted by atomic mass is 16.7. The number of hydrogen-bond acceptors (Lipinski definition) is 8. The molecule has 7 unspecified atom stereocenters. The van der Waals surface area contributed by atoms with E-state index in [0.717, 1.165) is 44.9 Å². The average molecular weight is 906 g/mol. The van der Waals surface area contributed by atoms with Gasteiger partial charge in [-0.3, -0.25) is 4.79 Å². The molecule has 1 rings (SSSR count). The van der Waals surface area contributed by atoms with E-state index in [0.29, 0.717) is 6.42 Å². The molecule has 1 fully saturated rings. The molecule has 6 N–H and O–H groups in total. The van der Waals surface area contributed by atoms with E-state index in [4.69, 9.17) is 9.47 Å². The van der Waals surface area contributed by atoms with Crippen LogP contribution in [0.25, 0.3) is 0 Å². The maximum absolute atomic E-state index is 12.9. The van der Waals surface area contributed by atoms with Gasteiger partial charge in [0.05, 0.1) is 25.4 Å². The number of rotatable bonds is 46. The number of carbonyl (C=O) groups excluding carboxylic acids is 1. The number of carbonyl (C=O) groups is 1. The molecule has 0 saturated carbocycles. The first kappa shape index (κ1) is 60.4. The van der Waals surface area contributed by atoms with Crippen LogP contribution in [0.3, 0.4) is 0 Å². The molecule has 0 aliphatic carbocycles. The Balaban J connectivity index is 2.16. The third-order valence-corrected chi connectivity index (χ3v) is 12.9. The molecule has 0 radical (unpaired) electrons. The monoisotopic (exact) mass is 906 g/mol. The smallest absolute Gasteiger partial charge is 0.220 e. The van der Waals surface area contributed by atoms with Crippen molar-refractivity contribution in [2.45, 2.75) is 294 Å². The second kappa shape index (κ2) is 45.2. The lowest BCUT2D eigenvalue weighted by molar-refractivity contribution is -0.302. The minimum atomic E-state index is -1.57. The molecule has 0 aromatic rings. The molecule has 7 atom stereocenters. The molecule has 0 aromatic heterocycles. The number of ether oxygens (including phenoxy) is 2. The molecule has 0 bridgehead atoms. The van der Waals surface area contributed by atoms with Gasteiger partial charge in [0.2, 0.25) is 5.91 Å². The van der Waals surface area contributed by atoms with Gasteiger partial charge in [0.15, 0.2) is 6.29 Å². The van der Waals surface area contributed by atoms with Gasteiger partial charge in [0.1, 0.15) is 24.4 Å². The SMILES string of the molecule is CCCCCCCCCCCCCCCCCCCCCCCC/C=C/CC/C=C/CC/C=C/C(O)C(COC1OC(CO)C(O)C(O)C1O)NC(=O)CCCCCCCCCCC. The van der Waals surface area contributed by atoms with Crippen LogP contribution in [0, 0.1) is 0 Å². The quantitative estimate of drug-likeness (QED) is 0.0261. The summed E-state index contributed by atoms with van der Waals surface area (Å²) in [4.78, 5) is 12.9. The van der Waals surface area contributed by atoms with E-state index in [1.807, 2.05) is 6.08 Å². The third kappa shape index (κ3) is 34.7. The summed E-state index contributed by atoms with van der Waals surface area (Å²) in [6.07, 6.45) is 51.0. The summed E-state index contributed by atoms with van der Waals surface area (Å²) in [6, 6.07) is -0.824. The maximum Gasteiger partial charge on any atom is 0.220 e. The number of amides is 1. The first-order valence-electron chi connectivity index (χ1n) is 27.2. The molecule has 1 aliphatic heterocycles. The number of nitrogens with one attached hydrogen (secondary N) is 1. The second-order valence-corrected chi connectivity index (χ2v) is 19.0. The minimum Gasteiger partial charge on any atom is -0.394 e. The minimum absolute atomic E-state index is 0.194. The molecule has 376 valence electrons. The summed E-state index contributed by atoms with van der Waals surface area (Å²) in [5, 5.41) is 54.2. The van der Waals surface area contributed by atoms with Crippen molar-refractivity contribution >= 4 is 5.91 Å². The second-order valence-electron chi connectivity index (χ2n) is 19.0. The highest BCUT2D eigenvalue weighted by Gasteiger charge is 2.44. The van der Waals surface area contributed by atoms with Crippen molar-refractivity contribution < 1.29 is 39.8 Å². The van der Waals surface area contributed by atoms with Crippen molar-refractivity contribution in [3.05, 3.63) is 36.5 Å². The van der Waals surface area contributed by atoms with E-state index < -0.39 is 49.5 Å². The average Bonchev–Trinajstić information content (AvgIpc) is 3.29. The molecule has 1 amide bonds. The van der Waals surface area contributed by atoms with Crippen LogP contribution in [-0.4, -0.2) is 87.5 Å². The van der Waals surface area contributed by atoms with Gasteiger partial charge in [-0.05, 0) is 44.9 Å². The first-order valence-corrected chi connectivity index (χ1v) is 27.2. The Morgan fingerprint density at radius 3 is 1.31 bits per heavy atom. The summed E-state index contributed by atoms with van der Waals surface area (Å²) < 4.78 is 11.2. The highest BCUT2D eigenvalue weighted by molar-refractivity contribution is 5.76. The molecule has 0 spiro atoms. The van der Waals surface area contributed by atoms with Crippen LogP contribution in [0.5, 0.6) is 0 Å². The molecule has 0 aromatic carbocycles. The van der Waals surface area contributed by atoms with Gasteiger partial charge >= 0.3 is 0 Å². The number of unbranched alkanes of at least 4 members (excludes halogenated alkanes) is 32. The van der Waals surface area contributed by atoms with Crippen LogP contribution < -0.4 is 5.32 Å². The van der Waals surface area contributed by atoms with Crippen LogP contribution in [0.1, 0.15) is 251 Å². The topological polar surface area (TPSA) is 149 Å². The summed E-state index contributed by atoms with van der Waals surface area (Å²) in [5.74, 6) is -0.194. The summed E-state index contributed by atoms with van der Waals surface area (Å²) >= 11 is 0. The van der Waals surface area contributed by atoms with Crippen LogP contribution in [0.2, 0.25) is 0 Å². The summed E-state index contributed by atoms with van der Waals surface area (Å²) in [7, 11) is 0. The van der Waals surface area contributed by atoms with Gasteiger partial charge in [-0.2, -0.15) is 0 Å². The molecule has 9 nitrogen and oxygen atoms in total. The lowest BCUT2D eigenvalue weighted by Gasteiger charge is -2.40. The fourth-order valence-corrected chi connectivity index (χ4v) is 8.60. The van der Waals surface area contributed by atoms with Crippen LogP contribution in [0.4, 0.5) is 0 Å². The Bertz CT molecular complexity index is 1100. The van der Waals surface area contributed by atoms with E-state index in [-0.39, 0.29) is 12.5 Å². The van der Waals surface area contributed by atoms with Crippen molar-refractivity contribution in [3.8, 4) is 0 Å². The first-order chi connectivity index (χ1) is 31.3. The van der Waals surface area contributed by atoms with Crippen molar-refractivity contribution in [1.82, 2.24) is 5.32 Å². The van der Waals surface area contributed by atoms with Crippen molar-refractivity contribution in [1.29, 1.82) is 0 Å². The third-order valence-electron chi connectivity index (χ3n) is 12.9. The number of allylic oxidation sites excluding steroid dienone is 5. The number of aliphatic hydroxyl groups excluding tert-OH is 5. The Morgan fingerprint density at radius 2 is 0.891 bits per heavy atom. The zero-order valence-electron chi connectivity index (χ0n) is 41.5. The number of aliphatic hydroxyl groups is 5. The summed E-state index contributed by atoms with van der Waals surface area (Å²) in [6.45, 7) is 3.74. The van der Waals surface area contributed by atoms with Gasteiger partial charge in [0.25, 0.3) is 0 Å². The Kier molecular flexibility index (Phi) is 42.7. The molecule has 9 heteroatoms. The maximum atomic E-state index is 12.9. The van der Waals surface area contributed by atoms with Crippen LogP contribution in [-0.2, 0) is 14.3 Å². The Hall–Kier alpha value is -1.59. The molecule has 1 heterocycles. The lowest BCUT2D eigenvalue weighted by atomic mass is 9.99. The van der Waals surface area contributed by atoms with E-state index in [2.05, 4.69) is 43.5 Å². The van der Waals surface area contributed by atoms with Gasteiger partial charge in [-0.1, -0.05) is 237 Å². The highest BCUT2D eigenvalue weighted by Crippen LogP contribution is 2.23. The zero-order chi connectivity index (χ0) is 46.6. The fraction of sp³-hybridized carbons (Fsp3) is 0.873. The van der Waals surface area contributed by atoms with Crippen LogP contribution in [0.15, 0.2) is 36.5 Å². The van der Waals surface area contributed by atoms with Gasteiger partial charge < -0.3 is 40.3 Å². The van der Waals surface area contributed by atoms with E-state index in [9.17, 15) is 30.3 Å². The zero-order valence-corrected chi connectivity index (χ0v) is 41.5. The molecule has 64 heavy (non-hydrogen) atoms. The predicted octanol–water partition coefficient (Wildman–Crippen LogP) is 12.8. The standard InChI is InChI=1S/C55H103NO8/c1-3-5-7-9-11-13-14-15-16-17-18-19-20-21-22-23-24-25-26-27-28-29-30-31-32-33-34-35-37-38-40-42-44-49(58)48(47-63-55-54(62)53(61)52(60)50(46-57)64-55)56-51(59)45-43-41-39-36-12-10-8-6-4-2/h31-32,35,37,42,44,48-50,52-55,57-58,60-62H,3-30,33-34,36,38-41,43,45-47H2,1-2H3,(H,56,59)/b32-31+,37-35+,44-42+. The summed E-state index contributed by atoms with van der Waals surface area (Å²) in [5.41, 5.74) is 0.